The van der Waals surface area contributed by atoms with Crippen LogP contribution in [0.5, 0.6) is 0 Å². The third-order valence-corrected chi connectivity index (χ3v) is 4.70. The molecule has 1 fully saturated rings. The number of aryl methyl sites for hydroxylation is 1. The molecule has 4 nitrogen and oxygen atoms in total. The zero-order chi connectivity index (χ0) is 18.7. The normalized spacial score (nSPS) is 14.6. The molecule has 3 rings (SSSR count). The number of anilines is 2. The second kappa shape index (κ2) is 7.68. The third kappa shape index (κ3) is 4.69. The van der Waals surface area contributed by atoms with Gasteiger partial charge in [0.1, 0.15) is 5.82 Å². The first-order chi connectivity index (χ1) is 12.4. The fraction of sp³-hybridized carbons (Fsp3) is 0.333. The number of benzene rings is 2. The quantitative estimate of drug-likeness (QED) is 0.795. The number of rotatable bonds is 6. The molecule has 136 valence electrons. The predicted octanol–water partition coefficient (Wildman–Crippen LogP) is 4.61. The summed E-state index contributed by atoms with van der Waals surface area (Å²) in [5, 5.41) is 5.60. The topological polar surface area (TPSA) is 58.2 Å². The standard InChI is InChI=1S/C21H23FN2O2/c1-13-11-16(5-10-20(13)22)19(15-3-4-15)12-21(26)24-18-8-6-17(7-9-18)23-14(2)25/h5-11,15,19H,3-4,12H2,1-2H3,(H,23,25)(H,24,26). The predicted molar refractivity (Wildman–Crippen MR) is 101 cm³/mol. The van der Waals surface area contributed by atoms with E-state index in [1.165, 1.54) is 13.0 Å². The van der Waals surface area contributed by atoms with Gasteiger partial charge in [-0.3, -0.25) is 9.59 Å². The molecule has 0 aromatic heterocycles. The number of nitrogens with one attached hydrogen (secondary N) is 2. The maximum Gasteiger partial charge on any atom is 0.224 e. The summed E-state index contributed by atoms with van der Waals surface area (Å²) >= 11 is 0. The summed E-state index contributed by atoms with van der Waals surface area (Å²) in [6.45, 7) is 3.20. The Morgan fingerprint density at radius 1 is 1.08 bits per heavy atom. The van der Waals surface area contributed by atoms with Crippen LogP contribution in [0, 0.1) is 18.7 Å². The molecule has 0 spiro atoms. The van der Waals surface area contributed by atoms with E-state index in [9.17, 15) is 14.0 Å². The minimum absolute atomic E-state index is 0.0591. The fourth-order valence-electron chi connectivity index (χ4n) is 3.21. The first-order valence-corrected chi connectivity index (χ1v) is 8.86. The molecule has 2 aromatic carbocycles. The second-order valence-corrected chi connectivity index (χ2v) is 6.96. The summed E-state index contributed by atoms with van der Waals surface area (Å²) in [4.78, 5) is 23.5. The van der Waals surface area contributed by atoms with Crippen molar-refractivity contribution in [3.8, 4) is 0 Å². The molecule has 2 amide bonds. The van der Waals surface area contributed by atoms with Crippen LogP contribution in [0.15, 0.2) is 42.5 Å². The zero-order valence-electron chi connectivity index (χ0n) is 15.0. The second-order valence-electron chi connectivity index (χ2n) is 6.96. The van der Waals surface area contributed by atoms with E-state index in [2.05, 4.69) is 10.6 Å². The number of hydrogen-bond acceptors (Lipinski definition) is 2. The number of hydrogen-bond donors (Lipinski definition) is 2. The Bertz CT molecular complexity index is 813. The first-order valence-electron chi connectivity index (χ1n) is 8.86. The van der Waals surface area contributed by atoms with Crippen LogP contribution in [0.25, 0.3) is 0 Å². The fourth-order valence-corrected chi connectivity index (χ4v) is 3.21. The van der Waals surface area contributed by atoms with Crippen LogP contribution >= 0.6 is 0 Å². The van der Waals surface area contributed by atoms with Crippen molar-refractivity contribution in [1.82, 2.24) is 0 Å². The van der Waals surface area contributed by atoms with Crippen molar-refractivity contribution in [1.29, 1.82) is 0 Å². The summed E-state index contributed by atoms with van der Waals surface area (Å²) in [5.74, 6) is 0.201. The Morgan fingerprint density at radius 2 is 1.69 bits per heavy atom. The van der Waals surface area contributed by atoms with E-state index in [0.717, 1.165) is 18.4 Å². The minimum Gasteiger partial charge on any atom is -0.326 e. The highest BCUT2D eigenvalue weighted by molar-refractivity contribution is 5.92. The van der Waals surface area contributed by atoms with Crippen molar-refractivity contribution in [2.45, 2.75) is 39.0 Å². The maximum atomic E-state index is 13.5. The summed E-state index contributed by atoms with van der Waals surface area (Å²) in [6.07, 6.45) is 2.60. The molecular weight excluding hydrogens is 331 g/mol. The Hall–Kier alpha value is -2.69. The minimum atomic E-state index is -0.216. The van der Waals surface area contributed by atoms with E-state index in [0.29, 0.717) is 29.3 Å². The highest BCUT2D eigenvalue weighted by Crippen LogP contribution is 2.44. The molecule has 0 heterocycles. The Kier molecular flexibility index (Phi) is 5.35. The van der Waals surface area contributed by atoms with Gasteiger partial charge in [0.25, 0.3) is 0 Å². The Labute approximate surface area is 152 Å². The van der Waals surface area contributed by atoms with Crippen molar-refractivity contribution in [3.05, 3.63) is 59.4 Å². The van der Waals surface area contributed by atoms with E-state index in [4.69, 9.17) is 0 Å². The molecule has 1 saturated carbocycles. The van der Waals surface area contributed by atoms with Gasteiger partial charge in [0.2, 0.25) is 11.8 Å². The molecule has 0 saturated heterocycles. The molecule has 2 N–H and O–H groups in total. The van der Waals surface area contributed by atoms with Crippen molar-refractivity contribution in [2.24, 2.45) is 5.92 Å². The third-order valence-electron chi connectivity index (χ3n) is 4.70. The average Bonchev–Trinajstić information content (AvgIpc) is 3.41. The van der Waals surface area contributed by atoms with Gasteiger partial charge < -0.3 is 10.6 Å². The van der Waals surface area contributed by atoms with E-state index < -0.39 is 0 Å². The summed E-state index contributed by atoms with van der Waals surface area (Å²) in [5.41, 5.74) is 3.02. The molecule has 26 heavy (non-hydrogen) atoms. The van der Waals surface area contributed by atoms with Gasteiger partial charge in [-0.2, -0.15) is 0 Å². The van der Waals surface area contributed by atoms with Gasteiger partial charge in [-0.05, 0) is 73.1 Å². The van der Waals surface area contributed by atoms with Crippen molar-refractivity contribution < 1.29 is 14.0 Å². The van der Waals surface area contributed by atoms with E-state index >= 15 is 0 Å². The molecule has 1 aliphatic rings. The average molecular weight is 354 g/mol. The van der Waals surface area contributed by atoms with Gasteiger partial charge in [0, 0.05) is 24.7 Å². The largest absolute Gasteiger partial charge is 0.326 e. The van der Waals surface area contributed by atoms with Crippen molar-refractivity contribution in [2.75, 3.05) is 10.6 Å². The molecule has 1 aliphatic carbocycles. The molecule has 0 radical (unpaired) electrons. The summed E-state index contributed by atoms with van der Waals surface area (Å²) < 4.78 is 13.5. The highest BCUT2D eigenvalue weighted by atomic mass is 19.1. The molecule has 1 atom stereocenters. The first kappa shape index (κ1) is 18.1. The van der Waals surface area contributed by atoms with Gasteiger partial charge in [0.05, 0.1) is 0 Å². The van der Waals surface area contributed by atoms with Crippen LogP contribution in [0.3, 0.4) is 0 Å². The Morgan fingerprint density at radius 3 is 2.23 bits per heavy atom. The van der Waals surface area contributed by atoms with Gasteiger partial charge >= 0.3 is 0 Å². The number of carbonyl (C=O) groups excluding carboxylic acids is 2. The zero-order valence-corrected chi connectivity index (χ0v) is 15.0. The van der Waals surface area contributed by atoms with Crippen molar-refractivity contribution >= 4 is 23.2 Å². The van der Waals surface area contributed by atoms with E-state index in [1.807, 2.05) is 6.07 Å². The van der Waals surface area contributed by atoms with Crippen LogP contribution in [-0.4, -0.2) is 11.8 Å². The lowest BCUT2D eigenvalue weighted by atomic mass is 9.89. The van der Waals surface area contributed by atoms with E-state index in [-0.39, 0.29) is 23.5 Å². The SMILES string of the molecule is CC(=O)Nc1ccc(NC(=O)CC(c2ccc(F)c(C)c2)C2CC2)cc1. The maximum absolute atomic E-state index is 13.5. The molecule has 5 heteroatoms. The van der Waals surface area contributed by atoms with Gasteiger partial charge in [-0.25, -0.2) is 4.39 Å². The van der Waals surface area contributed by atoms with Gasteiger partial charge in [-0.15, -0.1) is 0 Å². The van der Waals surface area contributed by atoms with Gasteiger partial charge in [0.15, 0.2) is 0 Å². The lowest BCUT2D eigenvalue weighted by Gasteiger charge is -2.17. The lowest BCUT2D eigenvalue weighted by Crippen LogP contribution is -2.17. The van der Waals surface area contributed by atoms with Crippen LogP contribution < -0.4 is 10.6 Å². The lowest BCUT2D eigenvalue weighted by molar-refractivity contribution is -0.117. The van der Waals surface area contributed by atoms with Gasteiger partial charge in [-0.1, -0.05) is 12.1 Å². The molecule has 2 aromatic rings. The molecule has 1 unspecified atom stereocenters. The molecular formula is C21H23FN2O2. The van der Waals surface area contributed by atoms with Crippen LogP contribution in [0.2, 0.25) is 0 Å². The summed E-state index contributed by atoms with van der Waals surface area (Å²) in [6, 6.07) is 12.2. The number of halogens is 1. The van der Waals surface area contributed by atoms with Crippen LogP contribution in [0.1, 0.15) is 43.2 Å². The van der Waals surface area contributed by atoms with Crippen LogP contribution in [0.4, 0.5) is 15.8 Å². The number of carbonyl (C=O) groups is 2. The van der Waals surface area contributed by atoms with E-state index in [1.54, 1.807) is 37.3 Å². The molecule has 0 aliphatic heterocycles. The highest BCUT2D eigenvalue weighted by Gasteiger charge is 2.33. The summed E-state index contributed by atoms with van der Waals surface area (Å²) in [7, 11) is 0. The Balaban J connectivity index is 1.65. The smallest absolute Gasteiger partial charge is 0.224 e. The monoisotopic (exact) mass is 354 g/mol. The van der Waals surface area contributed by atoms with Crippen LogP contribution in [-0.2, 0) is 9.59 Å². The van der Waals surface area contributed by atoms with Crippen molar-refractivity contribution in [3.63, 3.8) is 0 Å². The molecule has 0 bridgehead atoms. The number of amides is 2.